The molecule has 0 fully saturated rings. The molecule has 0 bridgehead atoms. The highest BCUT2D eigenvalue weighted by molar-refractivity contribution is 6.12. The van der Waals surface area contributed by atoms with Gasteiger partial charge in [0.1, 0.15) is 5.82 Å². The molecule has 1 unspecified atom stereocenters. The summed E-state index contributed by atoms with van der Waals surface area (Å²) in [6, 6.07) is 55.7. The summed E-state index contributed by atoms with van der Waals surface area (Å²) in [5, 5.41) is 5.18. The maximum Gasteiger partial charge on any atom is 0.145 e. The molecule has 0 radical (unpaired) electrons. The molecule has 52 heavy (non-hydrogen) atoms. The number of hydrogen-bond donors (Lipinski definition) is 0. The Hall–Kier alpha value is -5.99. The van der Waals surface area contributed by atoms with Gasteiger partial charge in [-0.2, -0.15) is 0 Å². The lowest BCUT2D eigenvalue weighted by Crippen LogP contribution is -2.14. The van der Waals surface area contributed by atoms with E-state index < -0.39 is 0 Å². The van der Waals surface area contributed by atoms with Crippen molar-refractivity contribution < 1.29 is 0 Å². The molecular weight excluding hydrogens is 629 g/mol. The normalized spacial score (nSPS) is 15.3. The van der Waals surface area contributed by atoms with Crippen molar-refractivity contribution in [1.82, 2.24) is 9.55 Å². The van der Waals surface area contributed by atoms with Gasteiger partial charge in [0.05, 0.1) is 5.69 Å². The molecule has 2 nitrogen and oxygen atoms in total. The largest absolute Gasteiger partial charge is 0.296 e. The lowest BCUT2D eigenvalue weighted by atomic mass is 9.77. The molecule has 0 aliphatic heterocycles. The molecule has 2 aliphatic rings. The predicted octanol–water partition coefficient (Wildman–Crippen LogP) is 12.8. The fourth-order valence-corrected chi connectivity index (χ4v) is 8.86. The highest BCUT2D eigenvalue weighted by atomic mass is 15.1. The van der Waals surface area contributed by atoms with Crippen LogP contribution in [-0.2, 0) is 19.3 Å². The van der Waals surface area contributed by atoms with Crippen LogP contribution < -0.4 is 0 Å². The number of rotatable bonds is 5. The van der Waals surface area contributed by atoms with E-state index in [2.05, 4.69) is 169 Å². The molecule has 10 rings (SSSR count). The quantitative estimate of drug-likeness (QED) is 0.178. The zero-order valence-electron chi connectivity index (χ0n) is 29.5. The third kappa shape index (κ3) is 5.21. The second-order valence-corrected chi connectivity index (χ2v) is 14.7. The van der Waals surface area contributed by atoms with E-state index >= 15 is 0 Å². The SMILES string of the molecule is CC1CCc2nc(-c3ccccc3)n(-c3ccc(C4=Cc5c(c(-c6ccc7ccccc7c6)c6ccccc6c5-c5ccccc5)CC4)cc3)c2C1. The number of imidazole rings is 1. The first-order valence-electron chi connectivity index (χ1n) is 18.8. The van der Waals surface area contributed by atoms with E-state index in [0.29, 0.717) is 5.92 Å². The number of allylic oxidation sites excluding steroid dienone is 1. The Morgan fingerprint density at radius 1 is 0.558 bits per heavy atom. The lowest BCUT2D eigenvalue weighted by Gasteiger charge is -2.26. The summed E-state index contributed by atoms with van der Waals surface area (Å²) in [5.41, 5.74) is 15.7. The summed E-state index contributed by atoms with van der Waals surface area (Å²) in [5.74, 6) is 1.71. The smallest absolute Gasteiger partial charge is 0.145 e. The molecule has 0 saturated heterocycles. The highest BCUT2D eigenvalue weighted by Crippen LogP contribution is 2.47. The Morgan fingerprint density at radius 3 is 1.98 bits per heavy atom. The van der Waals surface area contributed by atoms with Crippen LogP contribution in [0.25, 0.3) is 72.5 Å². The first-order valence-corrected chi connectivity index (χ1v) is 18.8. The van der Waals surface area contributed by atoms with Gasteiger partial charge < -0.3 is 0 Å². The van der Waals surface area contributed by atoms with E-state index in [0.717, 1.165) is 31.5 Å². The fourth-order valence-electron chi connectivity index (χ4n) is 8.86. The van der Waals surface area contributed by atoms with Crippen molar-refractivity contribution in [1.29, 1.82) is 0 Å². The predicted molar refractivity (Wildman–Crippen MR) is 219 cm³/mol. The zero-order valence-corrected chi connectivity index (χ0v) is 29.5. The molecule has 0 N–H and O–H groups in total. The monoisotopic (exact) mass is 668 g/mol. The molecule has 1 aromatic heterocycles. The lowest BCUT2D eigenvalue weighted by molar-refractivity contribution is 0.487. The molecule has 0 spiro atoms. The molecule has 2 aliphatic carbocycles. The van der Waals surface area contributed by atoms with Crippen LogP contribution in [0, 0.1) is 5.92 Å². The maximum absolute atomic E-state index is 5.23. The summed E-state index contributed by atoms with van der Waals surface area (Å²) < 4.78 is 2.43. The van der Waals surface area contributed by atoms with Gasteiger partial charge >= 0.3 is 0 Å². The van der Waals surface area contributed by atoms with Crippen molar-refractivity contribution >= 4 is 33.2 Å². The number of nitrogens with zero attached hydrogens (tertiary/aromatic N) is 2. The van der Waals surface area contributed by atoms with E-state index in [-0.39, 0.29) is 0 Å². The van der Waals surface area contributed by atoms with Crippen molar-refractivity contribution in [2.75, 3.05) is 0 Å². The Bertz CT molecular complexity index is 2640. The van der Waals surface area contributed by atoms with Gasteiger partial charge in [-0.05, 0) is 122 Å². The number of hydrogen-bond acceptors (Lipinski definition) is 1. The number of benzene rings is 7. The minimum atomic E-state index is 0.660. The average Bonchev–Trinajstić information content (AvgIpc) is 3.59. The number of aryl methyl sites for hydroxylation is 1. The minimum absolute atomic E-state index is 0.660. The van der Waals surface area contributed by atoms with Crippen LogP contribution in [0.5, 0.6) is 0 Å². The Labute approximate surface area is 305 Å². The molecule has 250 valence electrons. The van der Waals surface area contributed by atoms with Crippen molar-refractivity contribution in [2.45, 2.75) is 39.0 Å². The van der Waals surface area contributed by atoms with Gasteiger partial charge in [0.15, 0.2) is 0 Å². The summed E-state index contributed by atoms with van der Waals surface area (Å²) in [4.78, 5) is 5.23. The van der Waals surface area contributed by atoms with Crippen LogP contribution in [0.3, 0.4) is 0 Å². The van der Waals surface area contributed by atoms with Crippen molar-refractivity contribution in [3.8, 4) is 39.3 Å². The summed E-state index contributed by atoms with van der Waals surface area (Å²) in [6.45, 7) is 2.37. The van der Waals surface area contributed by atoms with Gasteiger partial charge in [0, 0.05) is 16.9 Å². The van der Waals surface area contributed by atoms with E-state index in [1.54, 1.807) is 0 Å². The van der Waals surface area contributed by atoms with Crippen LogP contribution in [-0.4, -0.2) is 9.55 Å². The van der Waals surface area contributed by atoms with Gasteiger partial charge in [-0.3, -0.25) is 4.57 Å². The third-order valence-corrected chi connectivity index (χ3v) is 11.4. The standard InChI is InChI=1S/C50H40N2/c1-33-20-29-46-47(30-33)52(50(51-46)37-15-6-3-7-16-37)41-26-23-35(24-27-41)39-25-28-44-45(32-39)48(36-13-4-2-5-14-36)42-18-10-11-19-43(42)49(44)40-22-21-34-12-8-9-17-38(34)31-40/h2-19,21-24,26-27,31-33H,20,25,28-30H2,1H3. The molecule has 7 aromatic carbocycles. The summed E-state index contributed by atoms with van der Waals surface area (Å²) in [6.07, 6.45) is 7.80. The molecule has 1 atom stereocenters. The molecule has 0 saturated carbocycles. The van der Waals surface area contributed by atoms with Gasteiger partial charge in [0.2, 0.25) is 0 Å². The first-order chi connectivity index (χ1) is 25.7. The number of fused-ring (bicyclic) bond motifs is 4. The first kappa shape index (κ1) is 30.8. The van der Waals surface area contributed by atoms with Crippen molar-refractivity contribution in [3.63, 3.8) is 0 Å². The molecular formula is C50H40N2. The summed E-state index contributed by atoms with van der Waals surface area (Å²) in [7, 11) is 0. The van der Waals surface area contributed by atoms with Gasteiger partial charge in [-0.25, -0.2) is 4.98 Å². The minimum Gasteiger partial charge on any atom is -0.296 e. The molecule has 2 heteroatoms. The van der Waals surface area contributed by atoms with E-state index in [9.17, 15) is 0 Å². The Balaban J connectivity index is 1.13. The van der Waals surface area contributed by atoms with Gasteiger partial charge in [0.25, 0.3) is 0 Å². The van der Waals surface area contributed by atoms with Crippen LogP contribution in [0.15, 0.2) is 152 Å². The van der Waals surface area contributed by atoms with Crippen molar-refractivity contribution in [3.05, 3.63) is 180 Å². The fraction of sp³-hybridized carbons (Fsp3) is 0.140. The topological polar surface area (TPSA) is 17.8 Å². The highest BCUT2D eigenvalue weighted by Gasteiger charge is 2.26. The Morgan fingerprint density at radius 2 is 1.21 bits per heavy atom. The van der Waals surface area contributed by atoms with Gasteiger partial charge in [-0.15, -0.1) is 0 Å². The van der Waals surface area contributed by atoms with Crippen molar-refractivity contribution in [2.24, 2.45) is 5.92 Å². The van der Waals surface area contributed by atoms with Crippen LogP contribution in [0.2, 0.25) is 0 Å². The number of aromatic nitrogens is 2. The van der Waals surface area contributed by atoms with Crippen LogP contribution in [0.4, 0.5) is 0 Å². The molecule has 8 aromatic rings. The molecule has 1 heterocycles. The van der Waals surface area contributed by atoms with E-state index in [1.165, 1.54) is 95.1 Å². The molecule has 0 amide bonds. The maximum atomic E-state index is 5.23. The van der Waals surface area contributed by atoms with Crippen LogP contribution >= 0.6 is 0 Å². The zero-order chi connectivity index (χ0) is 34.6. The second-order valence-electron chi connectivity index (χ2n) is 14.7. The third-order valence-electron chi connectivity index (χ3n) is 11.4. The second kappa shape index (κ2) is 12.7. The average molecular weight is 669 g/mol. The van der Waals surface area contributed by atoms with E-state index in [4.69, 9.17) is 4.98 Å². The van der Waals surface area contributed by atoms with Gasteiger partial charge in [-0.1, -0.05) is 146 Å². The summed E-state index contributed by atoms with van der Waals surface area (Å²) >= 11 is 0. The van der Waals surface area contributed by atoms with Crippen LogP contribution in [0.1, 0.15) is 47.8 Å². The van der Waals surface area contributed by atoms with E-state index in [1.807, 2.05) is 0 Å². The Kier molecular flexibility index (Phi) is 7.49.